The molecule has 0 atom stereocenters. The van der Waals surface area contributed by atoms with Crippen LogP contribution in [-0.2, 0) is 4.74 Å². The predicted octanol–water partition coefficient (Wildman–Crippen LogP) is 0.910. The molecule has 1 aromatic heterocycles. The maximum atomic E-state index is 11.1. The van der Waals surface area contributed by atoms with Crippen molar-refractivity contribution in [3.8, 4) is 0 Å². The number of ether oxygens (including phenoxy) is 1. The van der Waals surface area contributed by atoms with E-state index in [0.717, 1.165) is 0 Å². The van der Waals surface area contributed by atoms with Crippen LogP contribution in [-0.4, -0.2) is 25.1 Å². The first kappa shape index (κ1) is 8.52. The van der Waals surface area contributed by atoms with Crippen molar-refractivity contribution in [3.63, 3.8) is 0 Å². The van der Waals surface area contributed by atoms with Crippen molar-refractivity contribution in [2.24, 2.45) is 0 Å². The van der Waals surface area contributed by atoms with E-state index in [2.05, 4.69) is 15.0 Å². The Morgan fingerprint density at radius 3 is 3.00 bits per heavy atom. The first-order valence-electron chi connectivity index (χ1n) is 3.50. The van der Waals surface area contributed by atoms with Gasteiger partial charge >= 0.3 is 5.97 Å². The Morgan fingerprint density at radius 1 is 1.67 bits per heavy atom. The lowest BCUT2D eigenvalue weighted by atomic mass is 10.2. The third-order valence-electron chi connectivity index (χ3n) is 1.45. The van der Waals surface area contributed by atoms with Gasteiger partial charge in [-0.05, 0) is 12.1 Å². The van der Waals surface area contributed by atoms with Crippen molar-refractivity contribution >= 4 is 11.8 Å². The van der Waals surface area contributed by atoms with Gasteiger partial charge in [-0.25, -0.2) is 9.78 Å². The van der Waals surface area contributed by atoms with Crippen molar-refractivity contribution in [3.05, 3.63) is 23.9 Å². The summed E-state index contributed by atoms with van der Waals surface area (Å²) in [7, 11) is 3.05. The Bertz CT molecular complexity index is 286. The molecule has 1 N–H and O–H groups in total. The highest BCUT2D eigenvalue weighted by atomic mass is 16.5. The Balaban J connectivity index is 3.04. The van der Waals surface area contributed by atoms with E-state index in [4.69, 9.17) is 0 Å². The summed E-state index contributed by atoms with van der Waals surface area (Å²) in [5.74, 6) is 0.150. The van der Waals surface area contributed by atoms with Crippen molar-refractivity contribution in [2.75, 3.05) is 19.5 Å². The van der Waals surface area contributed by atoms with E-state index in [-0.39, 0.29) is 5.97 Å². The minimum Gasteiger partial charge on any atom is -0.465 e. The van der Waals surface area contributed by atoms with Crippen molar-refractivity contribution in [1.29, 1.82) is 0 Å². The molecule has 0 amide bonds. The lowest BCUT2D eigenvalue weighted by Gasteiger charge is -2.04. The number of hydrogen-bond donors (Lipinski definition) is 1. The number of pyridine rings is 1. The molecule has 0 saturated heterocycles. The van der Waals surface area contributed by atoms with E-state index < -0.39 is 0 Å². The smallest absolute Gasteiger partial charge is 0.341 e. The summed E-state index contributed by atoms with van der Waals surface area (Å²) >= 11 is 0. The Kier molecular flexibility index (Phi) is 2.63. The number of anilines is 1. The van der Waals surface area contributed by atoms with Gasteiger partial charge in [0.05, 0.1) is 7.11 Å². The molecule has 1 heterocycles. The minimum absolute atomic E-state index is 0.382. The standard InChI is InChI=1S/C8H10N2O2/c1-9-7-6(8(11)12-2)4-3-5-10-7/h3-5H,1-2H3,(H,9,10). The van der Waals surface area contributed by atoms with Crippen LogP contribution in [0.3, 0.4) is 0 Å². The number of methoxy groups -OCH3 is 1. The molecular weight excluding hydrogens is 156 g/mol. The zero-order valence-corrected chi connectivity index (χ0v) is 7.00. The zero-order valence-electron chi connectivity index (χ0n) is 7.00. The first-order chi connectivity index (χ1) is 5.79. The molecule has 0 bridgehead atoms. The van der Waals surface area contributed by atoms with Gasteiger partial charge in [0, 0.05) is 13.2 Å². The summed E-state index contributed by atoms with van der Waals surface area (Å²) in [6, 6.07) is 3.34. The second-order valence-corrected chi connectivity index (χ2v) is 2.14. The van der Waals surface area contributed by atoms with Gasteiger partial charge in [0.1, 0.15) is 11.4 Å². The molecule has 0 aliphatic heterocycles. The molecule has 1 rings (SSSR count). The molecule has 0 radical (unpaired) electrons. The summed E-state index contributed by atoms with van der Waals surface area (Å²) in [6.45, 7) is 0. The summed E-state index contributed by atoms with van der Waals surface area (Å²) in [5.41, 5.74) is 0.447. The molecule has 64 valence electrons. The van der Waals surface area contributed by atoms with Crippen LogP contribution in [0.1, 0.15) is 10.4 Å². The SMILES string of the molecule is CNc1ncccc1C(=O)OC. The fraction of sp³-hybridized carbons (Fsp3) is 0.250. The molecule has 0 saturated carbocycles. The fourth-order valence-electron chi connectivity index (χ4n) is 0.879. The van der Waals surface area contributed by atoms with Crippen LogP contribution >= 0.6 is 0 Å². The number of carbonyl (C=O) groups excluding carboxylic acids is 1. The van der Waals surface area contributed by atoms with E-state index in [9.17, 15) is 4.79 Å². The summed E-state index contributed by atoms with van der Waals surface area (Å²) in [4.78, 5) is 15.0. The van der Waals surface area contributed by atoms with Gasteiger partial charge < -0.3 is 10.1 Å². The van der Waals surface area contributed by atoms with Crippen LogP contribution < -0.4 is 5.32 Å². The molecule has 12 heavy (non-hydrogen) atoms. The fourth-order valence-corrected chi connectivity index (χ4v) is 0.879. The third-order valence-corrected chi connectivity index (χ3v) is 1.45. The highest BCUT2D eigenvalue weighted by molar-refractivity contribution is 5.94. The second-order valence-electron chi connectivity index (χ2n) is 2.14. The molecule has 0 unspecified atom stereocenters. The molecule has 0 aromatic carbocycles. The number of nitrogens with zero attached hydrogens (tertiary/aromatic N) is 1. The normalized spacial score (nSPS) is 9.17. The van der Waals surface area contributed by atoms with Gasteiger partial charge in [0.15, 0.2) is 0 Å². The van der Waals surface area contributed by atoms with Crippen LogP contribution in [0.15, 0.2) is 18.3 Å². The molecular formula is C8H10N2O2. The maximum absolute atomic E-state index is 11.1. The Hall–Kier alpha value is -1.58. The summed E-state index contributed by atoms with van der Waals surface area (Å²) in [5, 5.41) is 2.80. The van der Waals surface area contributed by atoms with Gasteiger partial charge in [-0.2, -0.15) is 0 Å². The molecule has 0 fully saturated rings. The van der Waals surface area contributed by atoms with E-state index in [0.29, 0.717) is 11.4 Å². The largest absolute Gasteiger partial charge is 0.465 e. The summed E-state index contributed by atoms with van der Waals surface area (Å²) < 4.78 is 4.56. The third kappa shape index (κ3) is 1.53. The highest BCUT2D eigenvalue weighted by Gasteiger charge is 2.09. The molecule has 4 nitrogen and oxygen atoms in total. The average molecular weight is 166 g/mol. The van der Waals surface area contributed by atoms with Crippen LogP contribution in [0.5, 0.6) is 0 Å². The van der Waals surface area contributed by atoms with Crippen molar-refractivity contribution < 1.29 is 9.53 Å². The van der Waals surface area contributed by atoms with E-state index >= 15 is 0 Å². The number of nitrogens with one attached hydrogen (secondary N) is 1. The van der Waals surface area contributed by atoms with Crippen LogP contribution in [0, 0.1) is 0 Å². The number of rotatable bonds is 2. The van der Waals surface area contributed by atoms with E-state index in [1.54, 1.807) is 25.4 Å². The Morgan fingerprint density at radius 2 is 2.42 bits per heavy atom. The molecule has 4 heteroatoms. The Labute approximate surface area is 70.6 Å². The number of aromatic nitrogens is 1. The van der Waals surface area contributed by atoms with Crippen molar-refractivity contribution in [2.45, 2.75) is 0 Å². The second kappa shape index (κ2) is 3.71. The van der Waals surface area contributed by atoms with Crippen LogP contribution in [0.25, 0.3) is 0 Å². The van der Waals surface area contributed by atoms with Gasteiger partial charge in [-0.15, -0.1) is 0 Å². The zero-order chi connectivity index (χ0) is 8.97. The maximum Gasteiger partial charge on any atom is 0.341 e. The van der Waals surface area contributed by atoms with Gasteiger partial charge in [0.25, 0.3) is 0 Å². The van der Waals surface area contributed by atoms with Crippen LogP contribution in [0.4, 0.5) is 5.82 Å². The van der Waals surface area contributed by atoms with Gasteiger partial charge in [-0.3, -0.25) is 0 Å². The quantitative estimate of drug-likeness (QED) is 0.663. The minimum atomic E-state index is -0.382. The molecule has 0 aliphatic rings. The molecule has 0 aliphatic carbocycles. The van der Waals surface area contributed by atoms with Crippen LogP contribution in [0.2, 0.25) is 0 Å². The number of hydrogen-bond acceptors (Lipinski definition) is 4. The van der Waals surface area contributed by atoms with Gasteiger partial charge in [0.2, 0.25) is 0 Å². The number of carbonyl (C=O) groups is 1. The highest BCUT2D eigenvalue weighted by Crippen LogP contribution is 2.10. The predicted molar refractivity (Wildman–Crippen MR) is 45.1 cm³/mol. The topological polar surface area (TPSA) is 51.2 Å². The lowest BCUT2D eigenvalue weighted by Crippen LogP contribution is -2.06. The summed E-state index contributed by atoms with van der Waals surface area (Å²) in [6.07, 6.45) is 1.61. The van der Waals surface area contributed by atoms with E-state index in [1.165, 1.54) is 7.11 Å². The lowest BCUT2D eigenvalue weighted by molar-refractivity contribution is 0.0601. The first-order valence-corrected chi connectivity index (χ1v) is 3.50. The number of esters is 1. The monoisotopic (exact) mass is 166 g/mol. The van der Waals surface area contributed by atoms with Gasteiger partial charge in [-0.1, -0.05) is 0 Å². The molecule has 0 spiro atoms. The molecule has 1 aromatic rings. The van der Waals surface area contributed by atoms with Crippen molar-refractivity contribution in [1.82, 2.24) is 4.98 Å². The van der Waals surface area contributed by atoms with E-state index in [1.807, 2.05) is 0 Å². The average Bonchev–Trinajstić information content (AvgIpc) is 2.16.